The van der Waals surface area contributed by atoms with Gasteiger partial charge in [0.15, 0.2) is 11.0 Å². The van der Waals surface area contributed by atoms with Crippen LogP contribution in [-0.4, -0.2) is 25.7 Å². The molecule has 1 unspecified atom stereocenters. The Morgan fingerprint density at radius 1 is 1.17 bits per heavy atom. The first-order valence-electron chi connectivity index (χ1n) is 8.03. The lowest BCUT2D eigenvalue weighted by Gasteiger charge is -2.25. The molecule has 8 heteroatoms. The molecule has 2 aliphatic rings. The van der Waals surface area contributed by atoms with E-state index in [1.165, 1.54) is 30.8 Å². The van der Waals surface area contributed by atoms with Crippen molar-refractivity contribution < 1.29 is 0 Å². The summed E-state index contributed by atoms with van der Waals surface area (Å²) in [6, 6.07) is 2.36. The van der Waals surface area contributed by atoms with E-state index in [0.717, 1.165) is 49.0 Å². The van der Waals surface area contributed by atoms with Crippen LogP contribution in [0.2, 0.25) is 5.15 Å². The number of aryl methyl sites for hydroxylation is 1. The first kappa shape index (κ1) is 14.9. The van der Waals surface area contributed by atoms with Crippen LogP contribution >= 0.6 is 23.1 Å². The summed E-state index contributed by atoms with van der Waals surface area (Å²) in [5.41, 5.74) is 0.485. The number of nitrogens with zero attached hydrogens (tertiary/aromatic N) is 6. The zero-order valence-corrected chi connectivity index (χ0v) is 14.3. The van der Waals surface area contributed by atoms with E-state index in [0.29, 0.717) is 10.7 Å². The first-order chi connectivity index (χ1) is 11.3. The molecule has 6 nitrogen and oxygen atoms in total. The maximum Gasteiger partial charge on any atom is 0.162 e. The van der Waals surface area contributed by atoms with Crippen LogP contribution in [0.4, 0.5) is 5.00 Å². The molecule has 0 saturated carbocycles. The highest BCUT2D eigenvalue weighted by molar-refractivity contribution is 7.10. The Balaban J connectivity index is 1.71. The smallest absolute Gasteiger partial charge is 0.162 e. The van der Waals surface area contributed by atoms with Crippen molar-refractivity contribution in [2.45, 2.75) is 51.1 Å². The van der Waals surface area contributed by atoms with Gasteiger partial charge in [-0.1, -0.05) is 18.0 Å². The average molecular weight is 349 g/mol. The summed E-state index contributed by atoms with van der Waals surface area (Å²) in [6.45, 7) is 1.90. The molecule has 4 heterocycles. The molecule has 0 spiro atoms. The molecule has 0 N–H and O–H groups in total. The molecule has 4 rings (SSSR count). The SMILES string of the molecule is N#Cc1c(Cl)nsc1N1CCCC1c1nnc2n1CCCCC2. The first-order valence-corrected chi connectivity index (χ1v) is 9.18. The molecular weight excluding hydrogens is 332 g/mol. The van der Waals surface area contributed by atoms with Gasteiger partial charge in [0.2, 0.25) is 0 Å². The molecule has 23 heavy (non-hydrogen) atoms. The summed E-state index contributed by atoms with van der Waals surface area (Å²) in [7, 11) is 0. The Bertz CT molecular complexity index is 761. The van der Waals surface area contributed by atoms with Crippen molar-refractivity contribution in [3.8, 4) is 6.07 Å². The predicted octanol–water partition coefficient (Wildman–Crippen LogP) is 3.33. The lowest BCUT2D eigenvalue weighted by Crippen LogP contribution is -2.25. The summed E-state index contributed by atoms with van der Waals surface area (Å²) < 4.78 is 6.45. The van der Waals surface area contributed by atoms with Crippen molar-refractivity contribution in [2.24, 2.45) is 0 Å². The Morgan fingerprint density at radius 2 is 2.09 bits per heavy atom. The molecule has 0 aromatic carbocycles. The molecule has 2 aromatic rings. The molecular formula is C15H17ClN6S. The van der Waals surface area contributed by atoms with E-state index in [2.05, 4.69) is 30.1 Å². The minimum Gasteiger partial charge on any atom is -0.351 e. The van der Waals surface area contributed by atoms with Crippen LogP contribution < -0.4 is 4.90 Å². The van der Waals surface area contributed by atoms with E-state index in [1.807, 2.05) is 0 Å². The largest absolute Gasteiger partial charge is 0.351 e. The minimum atomic E-state index is 0.165. The summed E-state index contributed by atoms with van der Waals surface area (Å²) in [5.74, 6) is 2.14. The normalized spacial score (nSPS) is 21.0. The van der Waals surface area contributed by atoms with Gasteiger partial charge < -0.3 is 9.47 Å². The quantitative estimate of drug-likeness (QED) is 0.832. The Kier molecular flexibility index (Phi) is 3.95. The highest BCUT2D eigenvalue weighted by atomic mass is 35.5. The van der Waals surface area contributed by atoms with Gasteiger partial charge in [-0.25, -0.2) is 0 Å². The number of hydrogen-bond acceptors (Lipinski definition) is 6. The number of fused-ring (bicyclic) bond motifs is 1. The van der Waals surface area contributed by atoms with Crippen molar-refractivity contribution in [1.29, 1.82) is 5.26 Å². The van der Waals surface area contributed by atoms with Gasteiger partial charge in [0.1, 0.15) is 22.5 Å². The zero-order chi connectivity index (χ0) is 15.8. The van der Waals surface area contributed by atoms with Crippen LogP contribution in [0.15, 0.2) is 0 Å². The molecule has 2 aromatic heterocycles. The van der Waals surface area contributed by atoms with Crippen molar-refractivity contribution in [3.05, 3.63) is 22.4 Å². The van der Waals surface area contributed by atoms with E-state index >= 15 is 0 Å². The van der Waals surface area contributed by atoms with Crippen molar-refractivity contribution in [2.75, 3.05) is 11.4 Å². The topological polar surface area (TPSA) is 70.6 Å². The molecule has 120 valence electrons. The van der Waals surface area contributed by atoms with Gasteiger partial charge in [-0.05, 0) is 37.2 Å². The second-order valence-corrected chi connectivity index (χ2v) is 7.16. The number of aromatic nitrogens is 4. The highest BCUT2D eigenvalue weighted by Crippen LogP contribution is 2.41. The second kappa shape index (κ2) is 6.10. The lowest BCUT2D eigenvalue weighted by molar-refractivity contribution is 0.560. The number of nitriles is 1. The third-order valence-corrected chi connectivity index (χ3v) is 5.95. The molecule has 0 aliphatic carbocycles. The van der Waals surface area contributed by atoms with Crippen LogP contribution in [0.25, 0.3) is 0 Å². The van der Waals surface area contributed by atoms with E-state index < -0.39 is 0 Å². The standard InChI is InChI=1S/C15H17ClN6S/c16-13-10(9-17)15(23-20-13)21-8-4-5-11(21)14-19-18-12-6-2-1-3-7-22(12)14/h11H,1-8H2. The Morgan fingerprint density at radius 3 is 2.96 bits per heavy atom. The fourth-order valence-corrected chi connectivity index (χ4v) is 4.69. The summed E-state index contributed by atoms with van der Waals surface area (Å²) >= 11 is 7.35. The maximum atomic E-state index is 9.37. The molecule has 0 amide bonds. The zero-order valence-electron chi connectivity index (χ0n) is 12.7. The van der Waals surface area contributed by atoms with Gasteiger partial charge >= 0.3 is 0 Å². The maximum absolute atomic E-state index is 9.37. The third kappa shape index (κ3) is 2.50. The van der Waals surface area contributed by atoms with E-state index in [-0.39, 0.29) is 6.04 Å². The summed E-state index contributed by atoms with van der Waals surface area (Å²) in [6.07, 6.45) is 6.73. The Hall–Kier alpha value is -1.65. The molecule has 1 fully saturated rings. The number of hydrogen-bond donors (Lipinski definition) is 0. The fourth-order valence-electron chi connectivity index (χ4n) is 3.59. The van der Waals surface area contributed by atoms with Crippen LogP contribution in [0.1, 0.15) is 55.4 Å². The van der Waals surface area contributed by atoms with E-state index in [9.17, 15) is 5.26 Å². The number of rotatable bonds is 2. The van der Waals surface area contributed by atoms with Crippen LogP contribution in [0.5, 0.6) is 0 Å². The highest BCUT2D eigenvalue weighted by Gasteiger charge is 2.34. The second-order valence-electron chi connectivity index (χ2n) is 6.05. The van der Waals surface area contributed by atoms with Crippen LogP contribution in [0.3, 0.4) is 0 Å². The molecule has 1 saturated heterocycles. The minimum absolute atomic E-state index is 0.165. The Labute approximate surface area is 143 Å². The van der Waals surface area contributed by atoms with Gasteiger partial charge in [0.05, 0.1) is 6.04 Å². The van der Waals surface area contributed by atoms with Gasteiger partial charge in [0.25, 0.3) is 0 Å². The van der Waals surface area contributed by atoms with Crippen LogP contribution in [0, 0.1) is 11.3 Å². The molecule has 1 atom stereocenters. The predicted molar refractivity (Wildman–Crippen MR) is 88.7 cm³/mol. The van der Waals surface area contributed by atoms with Crippen LogP contribution in [-0.2, 0) is 13.0 Å². The average Bonchev–Trinajstić information content (AvgIpc) is 3.22. The van der Waals surface area contributed by atoms with Gasteiger partial charge in [-0.3, -0.25) is 0 Å². The third-order valence-electron chi connectivity index (χ3n) is 4.69. The number of halogens is 1. The summed E-state index contributed by atoms with van der Waals surface area (Å²) in [5, 5.41) is 19.5. The monoisotopic (exact) mass is 348 g/mol. The molecule has 0 bridgehead atoms. The molecule has 2 aliphatic heterocycles. The van der Waals surface area contributed by atoms with Crippen molar-refractivity contribution in [1.82, 2.24) is 19.1 Å². The molecule has 0 radical (unpaired) electrons. The number of anilines is 1. The summed E-state index contributed by atoms with van der Waals surface area (Å²) in [4.78, 5) is 2.24. The van der Waals surface area contributed by atoms with Gasteiger partial charge in [-0.15, -0.1) is 10.2 Å². The van der Waals surface area contributed by atoms with E-state index in [1.54, 1.807) is 0 Å². The van der Waals surface area contributed by atoms with Gasteiger partial charge in [0, 0.05) is 19.5 Å². The lowest BCUT2D eigenvalue weighted by atomic mass is 10.2. The van der Waals surface area contributed by atoms with E-state index in [4.69, 9.17) is 11.6 Å². The van der Waals surface area contributed by atoms with Gasteiger partial charge in [-0.2, -0.15) is 9.64 Å². The van der Waals surface area contributed by atoms with Crippen molar-refractivity contribution >= 4 is 28.1 Å². The fraction of sp³-hybridized carbons (Fsp3) is 0.600. The van der Waals surface area contributed by atoms with Crippen molar-refractivity contribution in [3.63, 3.8) is 0 Å².